The van der Waals surface area contributed by atoms with E-state index < -0.39 is 5.41 Å². The fourth-order valence-electron chi connectivity index (χ4n) is 12.0. The van der Waals surface area contributed by atoms with E-state index in [0.717, 1.165) is 0 Å². The minimum Gasteiger partial charge on any atom is -0.309 e. The first kappa shape index (κ1) is 33.7. The number of benzene rings is 9. The summed E-state index contributed by atoms with van der Waals surface area (Å²) in [6, 6.07) is 78.1. The van der Waals surface area contributed by atoms with Crippen LogP contribution in [0.3, 0.4) is 0 Å². The second kappa shape index (κ2) is 12.2. The first-order chi connectivity index (χ1) is 29.6. The normalized spacial score (nSPS) is 15.0. The van der Waals surface area contributed by atoms with Crippen LogP contribution in [0.25, 0.3) is 60.9 Å². The molecule has 1 nitrogen and oxygen atoms in total. The van der Waals surface area contributed by atoms with Crippen LogP contribution in [0.15, 0.2) is 206 Å². The van der Waals surface area contributed by atoms with Crippen molar-refractivity contribution in [3.63, 3.8) is 0 Å². The minimum atomic E-state index is -0.560. The Balaban J connectivity index is 1.17. The molecule has 9 aromatic carbocycles. The Hall–Kier alpha value is -7.22. The van der Waals surface area contributed by atoms with Crippen LogP contribution < -0.4 is 0 Å². The van der Waals surface area contributed by atoms with Crippen LogP contribution in [0.1, 0.15) is 69.8 Å². The molecule has 13 rings (SSSR count). The molecule has 1 aromatic heterocycles. The van der Waals surface area contributed by atoms with Gasteiger partial charge in [-0.25, -0.2) is 0 Å². The van der Waals surface area contributed by atoms with E-state index in [1.807, 2.05) is 0 Å². The number of rotatable bonds is 4. The highest BCUT2D eigenvalue weighted by Crippen LogP contribution is 2.63. The van der Waals surface area contributed by atoms with E-state index in [4.69, 9.17) is 0 Å². The van der Waals surface area contributed by atoms with Crippen LogP contribution in [0.4, 0.5) is 0 Å². The maximum absolute atomic E-state index is 2.58. The van der Waals surface area contributed by atoms with Gasteiger partial charge in [-0.2, -0.15) is 0 Å². The number of fused-ring (bicyclic) bond motifs is 15. The summed E-state index contributed by atoms with van der Waals surface area (Å²) in [5.74, 6) is -0.0238. The average Bonchev–Trinajstić information content (AvgIpc) is 3.88. The zero-order valence-corrected chi connectivity index (χ0v) is 33.7. The molecule has 2 heterocycles. The molecule has 2 aliphatic carbocycles. The van der Waals surface area contributed by atoms with Gasteiger partial charge >= 0.3 is 0 Å². The van der Waals surface area contributed by atoms with Gasteiger partial charge in [0.05, 0.1) is 22.1 Å². The lowest BCUT2D eigenvalue weighted by Crippen LogP contribution is -2.34. The number of nitrogens with zero attached hydrogens (tertiary/aromatic N) is 1. The summed E-state index contributed by atoms with van der Waals surface area (Å²) in [5.41, 5.74) is 23.1. The van der Waals surface area contributed by atoms with Crippen molar-refractivity contribution in [2.75, 3.05) is 0 Å². The highest BCUT2D eigenvalue weighted by molar-refractivity contribution is 6.13. The monoisotopic (exact) mass is 763 g/mol. The third-order valence-electron chi connectivity index (χ3n) is 14.4. The number of para-hydroxylation sites is 2. The van der Waals surface area contributed by atoms with Crippen molar-refractivity contribution in [2.45, 2.75) is 30.6 Å². The molecule has 0 N–H and O–H groups in total. The molecule has 0 bridgehead atoms. The van der Waals surface area contributed by atoms with Gasteiger partial charge in [0.15, 0.2) is 0 Å². The van der Waals surface area contributed by atoms with E-state index in [0.29, 0.717) is 0 Å². The molecule has 0 saturated carbocycles. The summed E-state index contributed by atoms with van der Waals surface area (Å²) < 4.78 is 2.58. The smallest absolute Gasteiger partial charge is 0.0760 e. The van der Waals surface area contributed by atoms with Crippen molar-refractivity contribution in [3.05, 3.63) is 256 Å². The predicted octanol–water partition coefficient (Wildman–Crippen LogP) is 14.6. The van der Waals surface area contributed by atoms with E-state index >= 15 is 0 Å². The molecule has 60 heavy (non-hydrogen) atoms. The zero-order valence-electron chi connectivity index (χ0n) is 33.7. The second-order valence-corrected chi connectivity index (χ2v) is 17.5. The molecule has 3 aliphatic rings. The van der Waals surface area contributed by atoms with E-state index in [1.54, 1.807) is 0 Å². The maximum Gasteiger partial charge on any atom is 0.0760 e. The zero-order chi connectivity index (χ0) is 39.7. The van der Waals surface area contributed by atoms with Crippen molar-refractivity contribution in [1.82, 2.24) is 4.57 Å². The van der Waals surface area contributed by atoms with Crippen molar-refractivity contribution in [2.24, 2.45) is 0 Å². The Kier molecular flexibility index (Phi) is 6.84. The number of hydrogen-bond donors (Lipinski definition) is 0. The first-order valence-electron chi connectivity index (χ1n) is 21.3. The van der Waals surface area contributed by atoms with E-state index in [9.17, 15) is 0 Å². The molecule has 1 aliphatic heterocycles. The Bertz CT molecular complexity index is 3370. The molecule has 1 spiro atoms. The predicted molar refractivity (Wildman–Crippen MR) is 248 cm³/mol. The SMILES string of the molecule is CC1(C)c2ccccc2-c2c(C(c3ccccc3)c3ccccc3-c3cccc4c3C3(c5ccccc5-c5ccccc53)c3cccc5c6ccccc6n-4c35)cccc21. The van der Waals surface area contributed by atoms with Gasteiger partial charge in [0.2, 0.25) is 0 Å². The van der Waals surface area contributed by atoms with Crippen LogP contribution in [0.5, 0.6) is 0 Å². The van der Waals surface area contributed by atoms with Gasteiger partial charge in [0, 0.05) is 27.7 Å². The molecule has 282 valence electrons. The van der Waals surface area contributed by atoms with Gasteiger partial charge in [-0.1, -0.05) is 208 Å². The van der Waals surface area contributed by atoms with Crippen LogP contribution in [-0.2, 0) is 10.8 Å². The van der Waals surface area contributed by atoms with Crippen LogP contribution >= 0.6 is 0 Å². The standard InChI is InChI=1S/C59H41N/c1-58(2)47-30-12-10-26-45(47)55-46(29-17-33-50(55)58)54(37-19-4-3-5-20-37)42-25-7-6-21-38(42)43-27-18-36-53-56(43)59(48-31-13-8-22-39(48)40-23-9-14-32-49(40)59)51-34-16-28-44-41-24-11-15-35-52(41)60(53)57(44)51/h3-36,54H,1-2H3. The van der Waals surface area contributed by atoms with Gasteiger partial charge in [0.1, 0.15) is 0 Å². The van der Waals surface area contributed by atoms with Gasteiger partial charge in [-0.15, -0.1) is 0 Å². The summed E-state index contributed by atoms with van der Waals surface area (Å²) in [7, 11) is 0. The third-order valence-corrected chi connectivity index (χ3v) is 14.4. The average molecular weight is 764 g/mol. The van der Waals surface area contributed by atoms with E-state index in [2.05, 4.69) is 225 Å². The largest absolute Gasteiger partial charge is 0.309 e. The van der Waals surface area contributed by atoms with Gasteiger partial charge in [-0.3, -0.25) is 0 Å². The fourth-order valence-corrected chi connectivity index (χ4v) is 12.0. The van der Waals surface area contributed by atoms with Crippen LogP contribution in [0, 0.1) is 0 Å². The molecular formula is C59H41N. The molecule has 1 heteroatoms. The maximum atomic E-state index is 2.58. The minimum absolute atomic E-state index is 0.0238. The fraction of sp³-hybridized carbons (Fsp3) is 0.0847. The summed E-state index contributed by atoms with van der Waals surface area (Å²) in [4.78, 5) is 0. The lowest BCUT2D eigenvalue weighted by atomic mass is 9.63. The van der Waals surface area contributed by atoms with Gasteiger partial charge in [-0.05, 0) is 90.0 Å². The lowest BCUT2D eigenvalue weighted by molar-refractivity contribution is 0.659. The first-order valence-corrected chi connectivity index (χ1v) is 21.3. The molecule has 0 radical (unpaired) electrons. The summed E-state index contributed by atoms with van der Waals surface area (Å²) in [6.07, 6.45) is 0. The second-order valence-electron chi connectivity index (χ2n) is 17.5. The molecule has 1 unspecified atom stereocenters. The Morgan fingerprint density at radius 1 is 0.383 bits per heavy atom. The quantitative estimate of drug-likeness (QED) is 0.157. The van der Waals surface area contributed by atoms with Crippen molar-refractivity contribution in [1.29, 1.82) is 0 Å². The molecule has 0 saturated heterocycles. The van der Waals surface area contributed by atoms with Crippen molar-refractivity contribution >= 4 is 21.8 Å². The van der Waals surface area contributed by atoms with Crippen LogP contribution in [0.2, 0.25) is 0 Å². The van der Waals surface area contributed by atoms with Gasteiger partial charge < -0.3 is 4.57 Å². The number of hydrogen-bond acceptors (Lipinski definition) is 0. The van der Waals surface area contributed by atoms with Crippen LogP contribution in [-0.4, -0.2) is 4.57 Å². The Morgan fingerprint density at radius 3 is 1.70 bits per heavy atom. The molecule has 10 aromatic rings. The highest BCUT2D eigenvalue weighted by atomic mass is 15.0. The molecular weight excluding hydrogens is 723 g/mol. The number of aromatic nitrogens is 1. The van der Waals surface area contributed by atoms with Crippen molar-refractivity contribution in [3.8, 4) is 39.1 Å². The topological polar surface area (TPSA) is 4.93 Å². The Morgan fingerprint density at radius 2 is 0.917 bits per heavy atom. The molecule has 0 fully saturated rings. The van der Waals surface area contributed by atoms with Crippen molar-refractivity contribution < 1.29 is 0 Å². The lowest BCUT2D eigenvalue weighted by Gasteiger charge is -2.41. The van der Waals surface area contributed by atoms with Gasteiger partial charge in [0.25, 0.3) is 0 Å². The van der Waals surface area contributed by atoms with E-state index in [1.165, 1.54) is 111 Å². The summed E-state index contributed by atoms with van der Waals surface area (Å²) in [6.45, 7) is 4.78. The summed E-state index contributed by atoms with van der Waals surface area (Å²) in [5, 5.41) is 2.58. The molecule has 1 atom stereocenters. The highest BCUT2D eigenvalue weighted by Gasteiger charge is 2.52. The summed E-state index contributed by atoms with van der Waals surface area (Å²) >= 11 is 0. The Labute approximate surface area is 350 Å². The molecule has 0 amide bonds. The third kappa shape index (κ3) is 4.17. The van der Waals surface area contributed by atoms with E-state index in [-0.39, 0.29) is 11.3 Å².